The van der Waals surface area contributed by atoms with E-state index in [4.69, 9.17) is 4.74 Å². The Morgan fingerprint density at radius 3 is 2.55 bits per heavy atom. The highest BCUT2D eigenvalue weighted by Crippen LogP contribution is 2.41. The molecule has 2 N–H and O–H groups in total. The van der Waals surface area contributed by atoms with Crippen LogP contribution >= 0.6 is 0 Å². The van der Waals surface area contributed by atoms with E-state index in [1.807, 2.05) is 25.1 Å². The number of ether oxygens (including phenoxy) is 1. The van der Waals surface area contributed by atoms with Crippen LogP contribution in [0.4, 0.5) is 18.9 Å². The summed E-state index contributed by atoms with van der Waals surface area (Å²) in [4.78, 5) is 15.3. The summed E-state index contributed by atoms with van der Waals surface area (Å²) in [5.41, 5.74) is 2.31. The van der Waals surface area contributed by atoms with Crippen LogP contribution in [0.2, 0.25) is 0 Å². The van der Waals surface area contributed by atoms with Crippen LogP contribution in [0.1, 0.15) is 43.2 Å². The Bertz CT molecular complexity index is 1110. The Balaban J connectivity index is 1.39. The van der Waals surface area contributed by atoms with E-state index < -0.39 is 11.7 Å². The van der Waals surface area contributed by atoms with E-state index in [2.05, 4.69) is 16.9 Å². The fourth-order valence-corrected chi connectivity index (χ4v) is 3.72. The van der Waals surface area contributed by atoms with Gasteiger partial charge in [-0.25, -0.2) is 0 Å². The summed E-state index contributed by atoms with van der Waals surface area (Å²) in [7, 11) is 0. The van der Waals surface area contributed by atoms with Gasteiger partial charge in [0.2, 0.25) is 0 Å². The fraction of sp³-hybridized carbons (Fsp3) is 0.292. The van der Waals surface area contributed by atoms with Crippen LogP contribution in [-0.4, -0.2) is 17.0 Å². The second-order valence-corrected chi connectivity index (χ2v) is 7.85. The molecule has 1 heterocycles. The summed E-state index contributed by atoms with van der Waals surface area (Å²) in [6, 6.07) is 11.0. The van der Waals surface area contributed by atoms with E-state index in [9.17, 15) is 18.0 Å². The number of H-pyrrole nitrogens is 1. The quantitative estimate of drug-likeness (QED) is 0.446. The molecular formula is C24H23F3N2O2. The van der Waals surface area contributed by atoms with Gasteiger partial charge >= 0.3 is 6.18 Å². The summed E-state index contributed by atoms with van der Waals surface area (Å²) in [5.74, 6) is 0.666. The smallest absolute Gasteiger partial charge is 0.416 e. The predicted molar refractivity (Wildman–Crippen MR) is 114 cm³/mol. The molecule has 3 aromatic rings. The van der Waals surface area contributed by atoms with Gasteiger partial charge in [0.1, 0.15) is 5.75 Å². The molecule has 0 atom stereocenters. The first-order valence-electron chi connectivity index (χ1n) is 10.2. The normalized spacial score (nSPS) is 18.5. The molecular weight excluding hydrogens is 405 g/mol. The molecule has 0 aliphatic heterocycles. The number of nitrogens with one attached hydrogen (secondary N) is 2. The van der Waals surface area contributed by atoms with Crippen molar-refractivity contribution >= 4 is 22.5 Å². The van der Waals surface area contributed by atoms with Gasteiger partial charge in [-0.05, 0) is 61.1 Å². The Hall–Kier alpha value is -3.22. The number of alkyl halides is 3. The number of fused-ring (bicyclic) bond motifs is 1. The SMILES string of the molecule is C=C(CC)C(=O)Nc1c[nH]c2ccc(O[C@H]3C[C@H](c4ccc(C(F)(F)F)cc4)C3)cc12. The van der Waals surface area contributed by atoms with Crippen LogP contribution in [0.15, 0.2) is 60.8 Å². The molecule has 1 amide bonds. The molecule has 0 radical (unpaired) electrons. The van der Waals surface area contributed by atoms with E-state index >= 15 is 0 Å². The number of carbonyl (C=O) groups excluding carboxylic acids is 1. The molecule has 1 aromatic heterocycles. The van der Waals surface area contributed by atoms with Gasteiger partial charge in [0.05, 0.1) is 17.4 Å². The minimum Gasteiger partial charge on any atom is -0.490 e. The number of aromatic nitrogens is 1. The van der Waals surface area contributed by atoms with Crippen molar-refractivity contribution in [2.24, 2.45) is 0 Å². The van der Waals surface area contributed by atoms with Crippen LogP contribution in [0.3, 0.4) is 0 Å². The van der Waals surface area contributed by atoms with Gasteiger partial charge in [-0.15, -0.1) is 0 Å². The molecule has 0 bridgehead atoms. The van der Waals surface area contributed by atoms with E-state index in [1.165, 1.54) is 0 Å². The lowest BCUT2D eigenvalue weighted by molar-refractivity contribution is -0.137. The molecule has 1 aliphatic carbocycles. The minimum atomic E-state index is -4.32. The van der Waals surface area contributed by atoms with Gasteiger partial charge in [-0.2, -0.15) is 13.2 Å². The molecule has 2 aromatic carbocycles. The van der Waals surface area contributed by atoms with Gasteiger partial charge in [-0.3, -0.25) is 4.79 Å². The maximum Gasteiger partial charge on any atom is 0.416 e. The Labute approximate surface area is 178 Å². The minimum absolute atomic E-state index is 0.00148. The van der Waals surface area contributed by atoms with Gasteiger partial charge in [0, 0.05) is 22.7 Å². The van der Waals surface area contributed by atoms with E-state index in [1.54, 1.807) is 18.3 Å². The summed E-state index contributed by atoms with van der Waals surface area (Å²) in [6.07, 6.45) is -0.513. The monoisotopic (exact) mass is 428 g/mol. The first kappa shape index (κ1) is 21.0. The number of anilines is 1. The third-order valence-corrected chi connectivity index (χ3v) is 5.76. The zero-order valence-electron chi connectivity index (χ0n) is 17.1. The zero-order chi connectivity index (χ0) is 22.2. The average molecular weight is 428 g/mol. The first-order valence-corrected chi connectivity index (χ1v) is 10.2. The number of rotatable bonds is 6. The summed E-state index contributed by atoms with van der Waals surface area (Å²) >= 11 is 0. The van der Waals surface area contributed by atoms with Gasteiger partial charge in [0.15, 0.2) is 0 Å². The fourth-order valence-electron chi connectivity index (χ4n) is 3.72. The van der Waals surface area contributed by atoms with Crippen molar-refractivity contribution in [2.45, 2.75) is 44.4 Å². The van der Waals surface area contributed by atoms with Crippen LogP contribution in [0, 0.1) is 0 Å². The third kappa shape index (κ3) is 4.45. The second-order valence-electron chi connectivity index (χ2n) is 7.85. The molecule has 1 saturated carbocycles. The predicted octanol–water partition coefficient (Wildman–Crippen LogP) is 6.42. The third-order valence-electron chi connectivity index (χ3n) is 5.76. The van der Waals surface area contributed by atoms with Crippen molar-refractivity contribution < 1.29 is 22.7 Å². The standard InChI is InChI=1S/C24H23F3N2O2/c1-3-14(2)23(30)29-22-13-28-21-9-8-18(12-20(21)22)31-19-10-16(11-19)15-4-6-17(7-5-15)24(25,26)27/h4-9,12-13,16,19,28H,2-3,10-11H2,1H3,(H,29,30)/t16-,19-. The number of carbonyl (C=O) groups is 1. The molecule has 31 heavy (non-hydrogen) atoms. The number of halogens is 3. The lowest BCUT2D eigenvalue weighted by atomic mass is 9.77. The Morgan fingerprint density at radius 1 is 1.19 bits per heavy atom. The molecule has 0 spiro atoms. The molecule has 1 aliphatic rings. The highest BCUT2D eigenvalue weighted by Gasteiger charge is 2.34. The van der Waals surface area contributed by atoms with Crippen LogP contribution in [-0.2, 0) is 11.0 Å². The molecule has 162 valence electrons. The van der Waals surface area contributed by atoms with Crippen molar-refractivity contribution in [1.29, 1.82) is 0 Å². The van der Waals surface area contributed by atoms with E-state index in [-0.39, 0.29) is 17.9 Å². The van der Waals surface area contributed by atoms with Crippen LogP contribution in [0.25, 0.3) is 10.9 Å². The topological polar surface area (TPSA) is 54.1 Å². The average Bonchev–Trinajstić information content (AvgIpc) is 3.11. The number of aromatic amines is 1. The van der Waals surface area contributed by atoms with Crippen LogP contribution in [0.5, 0.6) is 5.75 Å². The van der Waals surface area contributed by atoms with Crippen molar-refractivity contribution in [3.63, 3.8) is 0 Å². The Kier molecular flexibility index (Phi) is 5.52. The van der Waals surface area contributed by atoms with Crippen LogP contribution < -0.4 is 10.1 Å². The lowest BCUT2D eigenvalue weighted by Crippen LogP contribution is -2.32. The molecule has 0 saturated heterocycles. The van der Waals surface area contributed by atoms with Crippen molar-refractivity contribution in [3.8, 4) is 5.75 Å². The molecule has 7 heteroatoms. The van der Waals surface area contributed by atoms with E-state index in [0.29, 0.717) is 23.4 Å². The zero-order valence-corrected chi connectivity index (χ0v) is 17.1. The molecule has 4 rings (SSSR count). The second kappa shape index (κ2) is 8.13. The highest BCUT2D eigenvalue weighted by molar-refractivity contribution is 6.08. The molecule has 1 fully saturated rings. The molecule has 4 nitrogen and oxygen atoms in total. The summed E-state index contributed by atoms with van der Waals surface area (Å²) in [5, 5.41) is 3.70. The van der Waals surface area contributed by atoms with Gasteiger partial charge in [-0.1, -0.05) is 25.6 Å². The van der Waals surface area contributed by atoms with Crippen molar-refractivity contribution in [3.05, 3.63) is 71.9 Å². The number of hydrogen-bond acceptors (Lipinski definition) is 2. The maximum atomic E-state index is 12.7. The van der Waals surface area contributed by atoms with E-state index in [0.717, 1.165) is 41.4 Å². The van der Waals surface area contributed by atoms with Crippen molar-refractivity contribution in [1.82, 2.24) is 4.98 Å². The highest BCUT2D eigenvalue weighted by atomic mass is 19.4. The first-order chi connectivity index (χ1) is 14.7. The van der Waals surface area contributed by atoms with Gasteiger partial charge < -0.3 is 15.0 Å². The van der Waals surface area contributed by atoms with Gasteiger partial charge in [0.25, 0.3) is 5.91 Å². The molecule has 0 unspecified atom stereocenters. The number of benzene rings is 2. The van der Waals surface area contributed by atoms with Crippen molar-refractivity contribution in [2.75, 3.05) is 5.32 Å². The summed E-state index contributed by atoms with van der Waals surface area (Å²) in [6.45, 7) is 5.63. The number of amides is 1. The largest absolute Gasteiger partial charge is 0.490 e. The number of hydrogen-bond donors (Lipinski definition) is 2. The Morgan fingerprint density at radius 2 is 1.90 bits per heavy atom. The lowest BCUT2D eigenvalue weighted by Gasteiger charge is -2.35. The maximum absolute atomic E-state index is 12.7. The summed E-state index contributed by atoms with van der Waals surface area (Å²) < 4.78 is 44.2.